The van der Waals surface area contributed by atoms with E-state index >= 15 is 0 Å². The maximum atomic E-state index is 14.6. The average Bonchev–Trinajstić information content (AvgIpc) is 2.66. The normalized spacial score (nSPS) is 11.1. The molecular weight excluding hydrogens is 340 g/mol. The molecule has 26 heavy (non-hydrogen) atoms. The fourth-order valence-corrected chi connectivity index (χ4v) is 3.03. The van der Waals surface area contributed by atoms with Crippen LogP contribution in [0.3, 0.4) is 0 Å². The lowest BCUT2D eigenvalue weighted by molar-refractivity contribution is 0.453. The van der Waals surface area contributed by atoms with Gasteiger partial charge in [-0.15, -0.1) is 0 Å². The molecule has 128 valence electrons. The summed E-state index contributed by atoms with van der Waals surface area (Å²) in [6.45, 7) is 0. The molecule has 4 heteroatoms. The van der Waals surface area contributed by atoms with E-state index in [-0.39, 0.29) is 10.8 Å². The molecule has 0 radical (unpaired) electrons. The number of hydrogen-bond donors (Lipinski definition) is 0. The first-order chi connectivity index (χ1) is 12.5. The standard InChI is InChI=1S/C22H12F4/c23-19-11-14(13-4-2-1-3-5-13)6-8-17(19)15-7-9-18-16(10-15)12-20(24)22(26)21(18)25/h1-12H. The van der Waals surface area contributed by atoms with Gasteiger partial charge in [0.25, 0.3) is 0 Å². The van der Waals surface area contributed by atoms with Gasteiger partial charge in [0.15, 0.2) is 17.5 Å². The molecule has 0 N–H and O–H groups in total. The van der Waals surface area contributed by atoms with Crippen molar-refractivity contribution in [1.82, 2.24) is 0 Å². The van der Waals surface area contributed by atoms with Gasteiger partial charge >= 0.3 is 0 Å². The SMILES string of the molecule is Fc1cc(-c2ccccc2)ccc1-c1ccc2c(F)c(F)c(F)cc2c1. The highest BCUT2D eigenvalue weighted by Gasteiger charge is 2.15. The summed E-state index contributed by atoms with van der Waals surface area (Å²) in [5, 5.41) is 0.124. The van der Waals surface area contributed by atoms with Crippen molar-refractivity contribution in [3.63, 3.8) is 0 Å². The fraction of sp³-hybridized carbons (Fsp3) is 0. The molecule has 0 heterocycles. The van der Waals surface area contributed by atoms with Gasteiger partial charge in [0, 0.05) is 10.9 Å². The van der Waals surface area contributed by atoms with E-state index < -0.39 is 23.3 Å². The predicted octanol–water partition coefficient (Wildman–Crippen LogP) is 6.73. The number of rotatable bonds is 2. The Balaban J connectivity index is 1.81. The molecule has 4 aromatic rings. The lowest BCUT2D eigenvalue weighted by Crippen LogP contribution is -1.93. The van der Waals surface area contributed by atoms with Gasteiger partial charge in [-0.05, 0) is 40.3 Å². The van der Waals surface area contributed by atoms with Crippen molar-refractivity contribution >= 4 is 10.8 Å². The number of fused-ring (bicyclic) bond motifs is 1. The van der Waals surface area contributed by atoms with Gasteiger partial charge in [-0.1, -0.05) is 54.6 Å². The molecule has 0 unspecified atom stereocenters. The van der Waals surface area contributed by atoms with Crippen molar-refractivity contribution in [2.24, 2.45) is 0 Å². The Bertz CT molecular complexity index is 1120. The van der Waals surface area contributed by atoms with E-state index in [1.807, 2.05) is 30.3 Å². The lowest BCUT2D eigenvalue weighted by Gasteiger charge is -2.09. The molecule has 4 aromatic carbocycles. The van der Waals surface area contributed by atoms with E-state index in [2.05, 4.69) is 0 Å². The summed E-state index contributed by atoms with van der Waals surface area (Å²) >= 11 is 0. The number of hydrogen-bond acceptors (Lipinski definition) is 0. The summed E-state index contributed by atoms with van der Waals surface area (Å²) in [4.78, 5) is 0. The second-order valence-corrected chi connectivity index (χ2v) is 5.98. The van der Waals surface area contributed by atoms with Crippen molar-refractivity contribution in [3.8, 4) is 22.3 Å². The molecule has 0 atom stereocenters. The smallest absolute Gasteiger partial charge is 0.195 e. The van der Waals surface area contributed by atoms with Crippen LogP contribution >= 0.6 is 0 Å². The van der Waals surface area contributed by atoms with Gasteiger partial charge in [0.1, 0.15) is 5.82 Å². The third kappa shape index (κ3) is 2.73. The summed E-state index contributed by atoms with van der Waals surface area (Å²) in [5.74, 6) is -4.48. The molecule has 0 bridgehead atoms. The van der Waals surface area contributed by atoms with Gasteiger partial charge in [-0.25, -0.2) is 17.6 Å². The molecule has 0 saturated heterocycles. The third-order valence-corrected chi connectivity index (χ3v) is 4.36. The van der Waals surface area contributed by atoms with Crippen molar-refractivity contribution in [1.29, 1.82) is 0 Å². The van der Waals surface area contributed by atoms with Crippen molar-refractivity contribution < 1.29 is 17.6 Å². The molecule has 0 aliphatic heterocycles. The highest BCUT2D eigenvalue weighted by molar-refractivity contribution is 5.88. The van der Waals surface area contributed by atoms with Crippen LogP contribution in [0.15, 0.2) is 72.8 Å². The zero-order chi connectivity index (χ0) is 18.3. The maximum absolute atomic E-state index is 14.6. The largest absolute Gasteiger partial charge is 0.206 e. The monoisotopic (exact) mass is 352 g/mol. The van der Waals surface area contributed by atoms with Crippen LogP contribution in [0.4, 0.5) is 17.6 Å². The second kappa shape index (κ2) is 6.30. The molecule has 0 aliphatic carbocycles. The van der Waals surface area contributed by atoms with E-state index in [0.29, 0.717) is 11.1 Å². The molecule has 0 saturated carbocycles. The minimum absolute atomic E-state index is 0.0473. The molecule has 0 spiro atoms. The van der Waals surface area contributed by atoms with Gasteiger partial charge in [0.2, 0.25) is 0 Å². The molecule has 0 fully saturated rings. The highest BCUT2D eigenvalue weighted by Crippen LogP contribution is 2.31. The molecular formula is C22H12F4. The highest BCUT2D eigenvalue weighted by atomic mass is 19.2. The quantitative estimate of drug-likeness (QED) is 0.277. The minimum atomic E-state index is -1.51. The molecule has 0 aliphatic rings. The molecule has 4 rings (SSSR count). The molecule has 0 amide bonds. The zero-order valence-corrected chi connectivity index (χ0v) is 13.4. The van der Waals surface area contributed by atoms with Gasteiger partial charge in [-0.3, -0.25) is 0 Å². The Morgan fingerprint density at radius 3 is 1.96 bits per heavy atom. The number of benzene rings is 4. The summed E-state index contributed by atoms with van der Waals surface area (Å²) in [5.41, 5.74) is 2.37. The Kier molecular flexibility index (Phi) is 3.96. The van der Waals surface area contributed by atoms with Crippen LogP contribution in [0.1, 0.15) is 0 Å². The minimum Gasteiger partial charge on any atom is -0.206 e. The molecule has 0 aromatic heterocycles. The first kappa shape index (κ1) is 16.3. The van der Waals surface area contributed by atoms with Crippen LogP contribution in [-0.2, 0) is 0 Å². The Morgan fingerprint density at radius 1 is 0.500 bits per heavy atom. The van der Waals surface area contributed by atoms with E-state index in [4.69, 9.17) is 0 Å². The van der Waals surface area contributed by atoms with E-state index in [9.17, 15) is 17.6 Å². The van der Waals surface area contributed by atoms with Crippen molar-refractivity contribution in [2.75, 3.05) is 0 Å². The van der Waals surface area contributed by atoms with Gasteiger partial charge < -0.3 is 0 Å². The first-order valence-corrected chi connectivity index (χ1v) is 7.97. The van der Waals surface area contributed by atoms with Crippen LogP contribution < -0.4 is 0 Å². The summed E-state index contributed by atoms with van der Waals surface area (Å²) < 4.78 is 55.3. The van der Waals surface area contributed by atoms with E-state index in [1.165, 1.54) is 24.3 Å². The van der Waals surface area contributed by atoms with Crippen LogP contribution in [0.5, 0.6) is 0 Å². The zero-order valence-electron chi connectivity index (χ0n) is 13.4. The summed E-state index contributed by atoms with van der Waals surface area (Å²) in [7, 11) is 0. The maximum Gasteiger partial charge on any atom is 0.195 e. The Hall–Kier alpha value is -3.14. The number of halogens is 4. The summed E-state index contributed by atoms with van der Waals surface area (Å²) in [6.07, 6.45) is 0. The average molecular weight is 352 g/mol. The van der Waals surface area contributed by atoms with Gasteiger partial charge in [-0.2, -0.15) is 0 Å². The van der Waals surface area contributed by atoms with Crippen molar-refractivity contribution in [3.05, 3.63) is 96.1 Å². The Labute approximate surface area is 147 Å². The Morgan fingerprint density at radius 2 is 1.23 bits per heavy atom. The van der Waals surface area contributed by atoms with Crippen LogP contribution in [0, 0.1) is 23.3 Å². The van der Waals surface area contributed by atoms with E-state index in [1.54, 1.807) is 12.1 Å². The lowest BCUT2D eigenvalue weighted by atomic mass is 9.97. The van der Waals surface area contributed by atoms with E-state index in [0.717, 1.165) is 17.2 Å². The fourth-order valence-electron chi connectivity index (χ4n) is 3.03. The third-order valence-electron chi connectivity index (χ3n) is 4.36. The van der Waals surface area contributed by atoms with Crippen LogP contribution in [0.25, 0.3) is 33.0 Å². The topological polar surface area (TPSA) is 0 Å². The van der Waals surface area contributed by atoms with Gasteiger partial charge in [0.05, 0.1) is 0 Å². The second-order valence-electron chi connectivity index (χ2n) is 5.98. The van der Waals surface area contributed by atoms with Crippen molar-refractivity contribution in [2.45, 2.75) is 0 Å². The molecule has 0 nitrogen and oxygen atoms in total. The summed E-state index contributed by atoms with van der Waals surface area (Å²) in [6, 6.07) is 19.4. The van der Waals surface area contributed by atoms with Crippen LogP contribution in [-0.4, -0.2) is 0 Å². The van der Waals surface area contributed by atoms with Crippen LogP contribution in [0.2, 0.25) is 0 Å². The predicted molar refractivity (Wildman–Crippen MR) is 94.7 cm³/mol. The first-order valence-electron chi connectivity index (χ1n) is 7.97.